The van der Waals surface area contributed by atoms with Crippen LogP contribution >= 0.6 is 0 Å². The molecule has 1 spiro atoms. The van der Waals surface area contributed by atoms with Crippen LogP contribution < -0.4 is 10.4 Å². The number of ether oxygens (including phenoxy) is 2. The van der Waals surface area contributed by atoms with Crippen LogP contribution in [0.3, 0.4) is 0 Å². The summed E-state index contributed by atoms with van der Waals surface area (Å²) in [6.45, 7) is 21.8. The maximum absolute atomic E-state index is 12.4. The molecular weight excluding hydrogens is 629 g/mol. The van der Waals surface area contributed by atoms with Gasteiger partial charge in [-0.05, 0) is 56.9 Å². The van der Waals surface area contributed by atoms with Crippen molar-refractivity contribution in [3.05, 3.63) is 96.1 Å². The van der Waals surface area contributed by atoms with Gasteiger partial charge in [0.25, 0.3) is 8.32 Å². The molecule has 3 aromatic rings. The van der Waals surface area contributed by atoms with Crippen molar-refractivity contribution in [2.45, 2.75) is 134 Å². The fraction of sp³-hybridized carbons (Fsp3) is 0.561. The molecule has 0 radical (unpaired) electrons. The Bertz CT molecular complexity index is 1390. The van der Waals surface area contributed by atoms with Gasteiger partial charge in [0.2, 0.25) is 14.1 Å². The normalized spacial score (nSPS) is 23.9. The van der Waals surface area contributed by atoms with Crippen LogP contribution in [0.15, 0.2) is 84.9 Å². The van der Waals surface area contributed by atoms with Crippen molar-refractivity contribution in [3.63, 3.8) is 0 Å². The van der Waals surface area contributed by atoms with Crippen molar-refractivity contribution in [2.75, 3.05) is 13.2 Å². The van der Waals surface area contributed by atoms with Crippen molar-refractivity contribution in [1.29, 1.82) is 0 Å². The van der Waals surface area contributed by atoms with E-state index in [4.69, 9.17) is 18.3 Å². The Hall–Kier alpha value is -2.11. The predicted molar refractivity (Wildman–Crippen MR) is 202 cm³/mol. The van der Waals surface area contributed by atoms with Gasteiger partial charge < -0.3 is 23.4 Å². The standard InChI is InChI=1S/C41H60O5Si2/c1-30(2)47(31(3)4,32(5)6)46-38-29-34(45-41(39(38)42)37-25-17-16-19-33(37)20-18-27-43-41)26-28-44-48(40(7,8)9,35-21-12-10-13-22-35)36-23-14-11-15-24-36/h10-17,19,21-25,30-32,34,38-39,42H,18,20,26-29H2,1-9H3/t34-,38+,39-,41-/m1/s1. The third-order valence-electron chi connectivity index (χ3n) is 11.1. The highest BCUT2D eigenvalue weighted by Gasteiger charge is 2.57. The summed E-state index contributed by atoms with van der Waals surface area (Å²) in [4.78, 5) is 0. The molecule has 5 rings (SSSR count). The molecule has 2 heterocycles. The van der Waals surface area contributed by atoms with Crippen LogP contribution in [-0.2, 0) is 30.5 Å². The van der Waals surface area contributed by atoms with E-state index in [1.165, 1.54) is 15.9 Å². The van der Waals surface area contributed by atoms with Gasteiger partial charge in [0.15, 0.2) is 0 Å². The number of aliphatic hydroxyl groups excluding tert-OH is 1. The molecule has 0 aromatic heterocycles. The Morgan fingerprint density at radius 2 is 1.35 bits per heavy atom. The summed E-state index contributed by atoms with van der Waals surface area (Å²) in [6, 6.07) is 30.0. The number of fused-ring (bicyclic) bond motifs is 2. The third kappa shape index (κ3) is 6.81. The van der Waals surface area contributed by atoms with Crippen molar-refractivity contribution in [1.82, 2.24) is 0 Å². The van der Waals surface area contributed by atoms with Crippen LogP contribution in [0.25, 0.3) is 0 Å². The SMILES string of the molecule is CC(C)[Si](O[C@H]1C[C@@H](CCO[Si](c2ccccc2)(c2ccccc2)C(C)(C)C)O[C@@]2(OCCCc3ccccc32)[C@@H]1O)(C(C)C)C(C)C. The van der Waals surface area contributed by atoms with Gasteiger partial charge in [-0.15, -0.1) is 0 Å². The number of hydrogen-bond acceptors (Lipinski definition) is 5. The highest BCUT2D eigenvalue weighted by Crippen LogP contribution is 2.49. The van der Waals surface area contributed by atoms with Crippen LogP contribution in [0.4, 0.5) is 0 Å². The zero-order valence-electron chi connectivity index (χ0n) is 30.9. The Morgan fingerprint density at radius 3 is 1.90 bits per heavy atom. The fourth-order valence-electron chi connectivity index (χ4n) is 9.05. The van der Waals surface area contributed by atoms with Gasteiger partial charge >= 0.3 is 0 Å². The summed E-state index contributed by atoms with van der Waals surface area (Å²) in [7, 11) is -5.06. The van der Waals surface area contributed by atoms with E-state index in [-0.39, 0.29) is 11.1 Å². The molecule has 2 aliphatic rings. The lowest BCUT2D eigenvalue weighted by Gasteiger charge is -2.52. The third-order valence-corrected chi connectivity index (χ3v) is 22.3. The molecule has 0 aliphatic carbocycles. The number of aryl methyl sites for hydroxylation is 1. The average Bonchev–Trinajstić information content (AvgIpc) is 3.23. The van der Waals surface area contributed by atoms with Crippen LogP contribution in [0.1, 0.15) is 92.7 Å². The molecule has 4 atom stereocenters. The van der Waals surface area contributed by atoms with Gasteiger partial charge in [-0.1, -0.05) is 147 Å². The van der Waals surface area contributed by atoms with Gasteiger partial charge in [-0.3, -0.25) is 0 Å². The van der Waals surface area contributed by atoms with Gasteiger partial charge in [-0.2, -0.15) is 0 Å². The number of rotatable bonds is 11. The Morgan fingerprint density at radius 1 is 0.812 bits per heavy atom. The summed E-state index contributed by atoms with van der Waals surface area (Å²) in [5.41, 5.74) is 3.29. The fourth-order valence-corrected chi connectivity index (χ4v) is 19.2. The van der Waals surface area contributed by atoms with Crippen molar-refractivity contribution >= 4 is 27.0 Å². The van der Waals surface area contributed by atoms with E-state index in [9.17, 15) is 5.11 Å². The molecule has 0 unspecified atom stereocenters. The Kier molecular flexibility index (Phi) is 11.6. The molecule has 2 aliphatic heterocycles. The van der Waals surface area contributed by atoms with Gasteiger partial charge in [0, 0.05) is 18.6 Å². The summed E-state index contributed by atoms with van der Waals surface area (Å²) in [6.07, 6.45) is 1.45. The van der Waals surface area contributed by atoms with Gasteiger partial charge in [-0.25, -0.2) is 0 Å². The number of benzene rings is 3. The Labute approximate surface area is 292 Å². The van der Waals surface area contributed by atoms with E-state index >= 15 is 0 Å². The molecule has 48 heavy (non-hydrogen) atoms. The minimum absolute atomic E-state index is 0.119. The topological polar surface area (TPSA) is 57.2 Å². The smallest absolute Gasteiger partial charge is 0.261 e. The lowest BCUT2D eigenvalue weighted by Crippen LogP contribution is -2.67. The minimum Gasteiger partial charge on any atom is -0.410 e. The van der Waals surface area contributed by atoms with Crippen molar-refractivity contribution in [2.24, 2.45) is 0 Å². The maximum atomic E-state index is 12.4. The quantitative estimate of drug-likeness (QED) is 0.205. The highest BCUT2D eigenvalue weighted by molar-refractivity contribution is 6.99. The molecule has 7 heteroatoms. The van der Waals surface area contributed by atoms with E-state index in [0.29, 0.717) is 42.7 Å². The summed E-state index contributed by atoms with van der Waals surface area (Å²) in [5.74, 6) is -1.29. The second kappa shape index (κ2) is 15.0. The lowest BCUT2D eigenvalue weighted by atomic mass is 9.86. The minimum atomic E-state index is -2.72. The molecule has 5 nitrogen and oxygen atoms in total. The molecule has 0 amide bonds. The van der Waals surface area contributed by atoms with E-state index in [2.05, 4.69) is 141 Å². The van der Waals surface area contributed by atoms with E-state index < -0.39 is 34.6 Å². The van der Waals surface area contributed by atoms with E-state index in [1.54, 1.807) is 0 Å². The lowest BCUT2D eigenvalue weighted by molar-refractivity contribution is -0.348. The second-order valence-corrected chi connectivity index (χ2v) is 25.7. The molecule has 0 bridgehead atoms. The number of hydrogen-bond donors (Lipinski definition) is 1. The zero-order chi connectivity index (χ0) is 34.7. The average molecular weight is 689 g/mol. The maximum Gasteiger partial charge on any atom is 0.261 e. The van der Waals surface area contributed by atoms with Crippen LogP contribution in [0, 0.1) is 0 Å². The van der Waals surface area contributed by atoms with Crippen LogP contribution in [-0.4, -0.2) is 53.3 Å². The highest BCUT2D eigenvalue weighted by atomic mass is 28.4. The molecule has 3 aromatic carbocycles. The first-order valence-corrected chi connectivity index (χ1v) is 22.4. The van der Waals surface area contributed by atoms with Crippen molar-refractivity contribution < 1.29 is 23.4 Å². The Balaban J connectivity index is 1.53. The molecule has 0 saturated carbocycles. The summed E-state index contributed by atoms with van der Waals surface area (Å²) in [5, 5.41) is 14.8. The van der Waals surface area contributed by atoms with Gasteiger partial charge in [0.05, 0.1) is 18.8 Å². The van der Waals surface area contributed by atoms with E-state index in [0.717, 1.165) is 18.4 Å². The first-order chi connectivity index (χ1) is 22.8. The van der Waals surface area contributed by atoms with E-state index in [1.807, 2.05) is 6.07 Å². The van der Waals surface area contributed by atoms with Crippen molar-refractivity contribution in [3.8, 4) is 0 Å². The zero-order valence-corrected chi connectivity index (χ0v) is 32.9. The van der Waals surface area contributed by atoms with Crippen LogP contribution in [0.5, 0.6) is 0 Å². The number of aliphatic hydroxyl groups is 1. The summed E-state index contributed by atoms with van der Waals surface area (Å²) >= 11 is 0. The summed E-state index contributed by atoms with van der Waals surface area (Å²) < 4.78 is 28.5. The second-order valence-electron chi connectivity index (χ2n) is 16.0. The van der Waals surface area contributed by atoms with Crippen LogP contribution in [0.2, 0.25) is 21.7 Å². The largest absolute Gasteiger partial charge is 0.410 e. The first-order valence-electron chi connectivity index (χ1n) is 18.3. The molecule has 262 valence electrons. The molecular formula is C41H60O5Si2. The molecule has 1 fully saturated rings. The predicted octanol–water partition coefficient (Wildman–Crippen LogP) is 8.48. The van der Waals surface area contributed by atoms with Gasteiger partial charge in [0.1, 0.15) is 6.10 Å². The monoisotopic (exact) mass is 688 g/mol. The first kappa shape index (κ1) is 37.2. The molecule has 1 N–H and O–H groups in total. The molecule has 1 saturated heterocycles.